The molecule has 2 N–H and O–H groups in total. The van der Waals surface area contributed by atoms with Gasteiger partial charge >= 0.3 is 11.8 Å². The van der Waals surface area contributed by atoms with Gasteiger partial charge in [0.05, 0.1) is 6.21 Å². The summed E-state index contributed by atoms with van der Waals surface area (Å²) in [5, 5.41) is 6.18. The Morgan fingerprint density at radius 2 is 2.10 bits per heavy atom. The van der Waals surface area contributed by atoms with E-state index < -0.39 is 11.8 Å². The average Bonchev–Trinajstić information content (AvgIpc) is 2.45. The van der Waals surface area contributed by atoms with Crippen LogP contribution in [0.3, 0.4) is 0 Å². The predicted molar refractivity (Wildman–Crippen MR) is 79.8 cm³/mol. The average molecular weight is 287 g/mol. The van der Waals surface area contributed by atoms with Crippen molar-refractivity contribution in [3.8, 4) is 18.1 Å². The van der Waals surface area contributed by atoms with Crippen LogP contribution in [0.5, 0.6) is 5.75 Å². The van der Waals surface area contributed by atoms with E-state index in [4.69, 9.17) is 11.2 Å². The summed E-state index contributed by atoms with van der Waals surface area (Å²) in [5.74, 6) is 1.33. The molecule has 1 aromatic rings. The van der Waals surface area contributed by atoms with Crippen LogP contribution < -0.4 is 15.5 Å². The minimum Gasteiger partial charge on any atom is -0.480 e. The molecule has 0 spiro atoms. The van der Waals surface area contributed by atoms with E-state index in [-0.39, 0.29) is 12.6 Å². The van der Waals surface area contributed by atoms with Gasteiger partial charge in [-0.25, -0.2) is 5.43 Å². The Morgan fingerprint density at radius 3 is 2.76 bits per heavy atom. The summed E-state index contributed by atoms with van der Waals surface area (Å²) in [6.07, 6.45) is 6.51. The molecule has 0 bridgehead atoms. The Kier molecular flexibility index (Phi) is 6.48. The lowest BCUT2D eigenvalue weighted by Gasteiger charge is -2.07. The van der Waals surface area contributed by atoms with Gasteiger partial charge in [0.2, 0.25) is 0 Å². The van der Waals surface area contributed by atoms with Gasteiger partial charge in [0, 0.05) is 11.6 Å². The van der Waals surface area contributed by atoms with Crippen LogP contribution in [0.15, 0.2) is 29.4 Å². The fourth-order valence-corrected chi connectivity index (χ4v) is 1.38. The Hall–Kier alpha value is -2.81. The van der Waals surface area contributed by atoms with Crippen LogP contribution in [0.1, 0.15) is 19.4 Å². The summed E-state index contributed by atoms with van der Waals surface area (Å²) >= 11 is 0. The standard InChI is InChI=1S/C15H17N3O3/c1-4-9-21-13-8-6-5-7-12(13)10-16-18-15(20)14(19)17-11(2)3/h1,5-8,10-11H,9H2,2-3H3,(H,17,19)(H,18,20)/b16-10-. The molecule has 1 aromatic carbocycles. The third kappa shape index (κ3) is 5.78. The summed E-state index contributed by atoms with van der Waals surface area (Å²) in [4.78, 5) is 22.8. The molecule has 0 atom stereocenters. The zero-order chi connectivity index (χ0) is 15.7. The molecule has 0 radical (unpaired) electrons. The highest BCUT2D eigenvalue weighted by molar-refractivity contribution is 6.35. The van der Waals surface area contributed by atoms with Crippen LogP contribution >= 0.6 is 0 Å². The van der Waals surface area contributed by atoms with Crippen LogP contribution in [0, 0.1) is 12.3 Å². The number of para-hydroxylation sites is 1. The van der Waals surface area contributed by atoms with E-state index in [0.29, 0.717) is 11.3 Å². The van der Waals surface area contributed by atoms with Crippen molar-refractivity contribution in [2.75, 3.05) is 6.61 Å². The van der Waals surface area contributed by atoms with Gasteiger partial charge in [0.15, 0.2) is 0 Å². The second-order valence-corrected chi connectivity index (χ2v) is 4.36. The quantitative estimate of drug-likeness (QED) is 0.361. The number of carbonyl (C=O) groups is 2. The SMILES string of the molecule is C#CCOc1ccccc1/C=N\NC(=O)C(=O)NC(C)C. The molecule has 110 valence electrons. The topological polar surface area (TPSA) is 79.8 Å². The highest BCUT2D eigenvalue weighted by Gasteiger charge is 2.12. The van der Waals surface area contributed by atoms with Gasteiger partial charge in [-0.05, 0) is 26.0 Å². The van der Waals surface area contributed by atoms with Gasteiger partial charge in [-0.2, -0.15) is 5.10 Å². The lowest BCUT2D eigenvalue weighted by atomic mass is 10.2. The smallest absolute Gasteiger partial charge is 0.329 e. The predicted octanol–water partition coefficient (Wildman–Crippen LogP) is 0.673. The molecule has 21 heavy (non-hydrogen) atoms. The van der Waals surface area contributed by atoms with E-state index in [1.54, 1.807) is 38.1 Å². The highest BCUT2D eigenvalue weighted by Crippen LogP contribution is 2.15. The van der Waals surface area contributed by atoms with Crippen molar-refractivity contribution in [3.05, 3.63) is 29.8 Å². The monoisotopic (exact) mass is 287 g/mol. The number of hydrogen-bond donors (Lipinski definition) is 2. The van der Waals surface area contributed by atoms with Crippen LogP contribution in [0.2, 0.25) is 0 Å². The van der Waals surface area contributed by atoms with Crippen molar-refractivity contribution in [2.45, 2.75) is 19.9 Å². The maximum Gasteiger partial charge on any atom is 0.329 e. The first-order valence-corrected chi connectivity index (χ1v) is 6.33. The van der Waals surface area contributed by atoms with Crippen LogP contribution in [0.4, 0.5) is 0 Å². The van der Waals surface area contributed by atoms with Crippen molar-refractivity contribution < 1.29 is 14.3 Å². The summed E-state index contributed by atoms with van der Waals surface area (Å²) in [5.41, 5.74) is 2.78. The lowest BCUT2D eigenvalue weighted by molar-refractivity contribution is -0.139. The third-order valence-corrected chi connectivity index (χ3v) is 2.23. The number of carbonyl (C=O) groups excluding carboxylic acids is 2. The van der Waals surface area contributed by atoms with E-state index in [9.17, 15) is 9.59 Å². The van der Waals surface area contributed by atoms with E-state index in [1.807, 2.05) is 0 Å². The number of terminal acetylenes is 1. The Labute approximate surface area is 123 Å². The number of benzene rings is 1. The number of ether oxygens (including phenoxy) is 1. The Morgan fingerprint density at radius 1 is 1.38 bits per heavy atom. The van der Waals surface area contributed by atoms with Crippen LogP contribution in [0.25, 0.3) is 0 Å². The first kappa shape index (κ1) is 16.2. The number of amides is 2. The molecule has 2 amide bonds. The zero-order valence-corrected chi connectivity index (χ0v) is 11.9. The number of nitrogens with one attached hydrogen (secondary N) is 2. The van der Waals surface area contributed by atoms with Crippen LogP contribution in [-0.4, -0.2) is 30.7 Å². The van der Waals surface area contributed by atoms with Crippen molar-refractivity contribution in [1.29, 1.82) is 0 Å². The number of rotatable bonds is 5. The van der Waals surface area contributed by atoms with E-state index >= 15 is 0 Å². The highest BCUT2D eigenvalue weighted by atomic mass is 16.5. The molecule has 6 nitrogen and oxygen atoms in total. The van der Waals surface area contributed by atoms with Gasteiger partial charge in [-0.15, -0.1) is 6.42 Å². The van der Waals surface area contributed by atoms with Crippen molar-refractivity contribution in [1.82, 2.24) is 10.7 Å². The van der Waals surface area contributed by atoms with Gasteiger partial charge in [0.25, 0.3) is 0 Å². The Balaban J connectivity index is 2.63. The van der Waals surface area contributed by atoms with Gasteiger partial charge in [-0.1, -0.05) is 18.1 Å². The second-order valence-electron chi connectivity index (χ2n) is 4.36. The third-order valence-electron chi connectivity index (χ3n) is 2.23. The molecule has 0 aliphatic rings. The number of hydrazone groups is 1. The fraction of sp³-hybridized carbons (Fsp3) is 0.267. The van der Waals surface area contributed by atoms with Gasteiger partial charge < -0.3 is 10.1 Å². The molecule has 0 aromatic heterocycles. The first-order chi connectivity index (χ1) is 10.0. The van der Waals surface area contributed by atoms with Gasteiger partial charge in [-0.3, -0.25) is 9.59 Å². The van der Waals surface area contributed by atoms with E-state index in [1.165, 1.54) is 6.21 Å². The maximum absolute atomic E-state index is 11.4. The normalized spacial score (nSPS) is 10.2. The molecule has 0 saturated heterocycles. The maximum atomic E-state index is 11.4. The molecule has 0 aliphatic carbocycles. The molecule has 6 heteroatoms. The Bertz CT molecular complexity index is 574. The summed E-state index contributed by atoms with van der Waals surface area (Å²) in [7, 11) is 0. The van der Waals surface area contributed by atoms with E-state index in [2.05, 4.69) is 21.8 Å². The minimum atomic E-state index is -0.832. The van der Waals surface area contributed by atoms with Crippen molar-refractivity contribution in [2.24, 2.45) is 5.10 Å². The molecule has 0 saturated carbocycles. The van der Waals surface area contributed by atoms with Crippen molar-refractivity contribution >= 4 is 18.0 Å². The van der Waals surface area contributed by atoms with E-state index in [0.717, 1.165) is 0 Å². The molecule has 1 rings (SSSR count). The second kappa shape index (κ2) is 8.38. The van der Waals surface area contributed by atoms with Gasteiger partial charge in [0.1, 0.15) is 12.4 Å². The molecule has 0 unspecified atom stereocenters. The largest absolute Gasteiger partial charge is 0.480 e. The molecule has 0 heterocycles. The lowest BCUT2D eigenvalue weighted by Crippen LogP contribution is -2.41. The molecular weight excluding hydrogens is 270 g/mol. The van der Waals surface area contributed by atoms with Crippen LogP contribution in [-0.2, 0) is 9.59 Å². The minimum absolute atomic E-state index is 0.120. The summed E-state index contributed by atoms with van der Waals surface area (Å²) in [6, 6.07) is 6.93. The molecule has 0 aliphatic heterocycles. The summed E-state index contributed by atoms with van der Waals surface area (Å²) in [6.45, 7) is 3.65. The number of hydrogen-bond acceptors (Lipinski definition) is 4. The molecular formula is C15H17N3O3. The molecule has 0 fully saturated rings. The zero-order valence-electron chi connectivity index (χ0n) is 11.9. The first-order valence-electron chi connectivity index (χ1n) is 6.33. The fourth-order valence-electron chi connectivity index (χ4n) is 1.38. The van der Waals surface area contributed by atoms with Crippen molar-refractivity contribution in [3.63, 3.8) is 0 Å². The summed E-state index contributed by atoms with van der Waals surface area (Å²) < 4.78 is 5.32. The number of nitrogens with zero attached hydrogens (tertiary/aromatic N) is 1.